The molecule has 0 unspecified atom stereocenters. The van der Waals surface area contributed by atoms with Crippen LogP contribution in [0.5, 0.6) is 0 Å². The van der Waals surface area contributed by atoms with Crippen LogP contribution < -0.4 is 4.72 Å². The van der Waals surface area contributed by atoms with E-state index in [1.165, 1.54) is 30.3 Å². The van der Waals surface area contributed by atoms with E-state index in [0.717, 1.165) is 11.3 Å². The number of anilines is 1. The van der Waals surface area contributed by atoms with Crippen molar-refractivity contribution in [2.75, 3.05) is 10.5 Å². The second-order valence-electron chi connectivity index (χ2n) is 4.15. The second-order valence-corrected chi connectivity index (χ2v) is 8.45. The van der Waals surface area contributed by atoms with Crippen LogP contribution in [0.15, 0.2) is 30.3 Å². The monoisotopic (exact) mass is 363 g/mol. The van der Waals surface area contributed by atoms with Gasteiger partial charge in [0.1, 0.15) is 4.34 Å². The predicted molar refractivity (Wildman–Crippen MR) is 87.3 cm³/mol. The Morgan fingerprint density at radius 1 is 1.24 bits per heavy atom. The highest BCUT2D eigenvalue weighted by atomic mass is 35.5. The summed E-state index contributed by atoms with van der Waals surface area (Å²) in [6, 6.07) is 7.66. The summed E-state index contributed by atoms with van der Waals surface area (Å²) >= 11 is 12.9. The molecule has 21 heavy (non-hydrogen) atoms. The SMILES string of the molecule is CCS(=O)(=O)Nc1ccc(C(=O)c2cc(Cl)sc2Cl)cc1. The molecule has 4 nitrogen and oxygen atoms in total. The smallest absolute Gasteiger partial charge is 0.232 e. The van der Waals surface area contributed by atoms with Gasteiger partial charge >= 0.3 is 0 Å². The van der Waals surface area contributed by atoms with Crippen molar-refractivity contribution in [2.24, 2.45) is 0 Å². The fourth-order valence-electron chi connectivity index (χ4n) is 1.59. The minimum Gasteiger partial charge on any atom is -0.289 e. The van der Waals surface area contributed by atoms with Crippen molar-refractivity contribution in [1.29, 1.82) is 0 Å². The summed E-state index contributed by atoms with van der Waals surface area (Å²) in [5.41, 5.74) is 1.15. The van der Waals surface area contributed by atoms with Crippen LogP contribution in [-0.4, -0.2) is 20.0 Å². The zero-order valence-electron chi connectivity index (χ0n) is 10.9. The Labute approximate surface area is 136 Å². The van der Waals surface area contributed by atoms with Crippen LogP contribution in [-0.2, 0) is 10.0 Å². The van der Waals surface area contributed by atoms with Crippen molar-refractivity contribution >= 4 is 56.0 Å². The molecular weight excluding hydrogens is 353 g/mol. The summed E-state index contributed by atoms with van der Waals surface area (Å²) < 4.78 is 26.1. The number of thiophene rings is 1. The number of nitrogens with one attached hydrogen (secondary N) is 1. The normalized spacial score (nSPS) is 11.4. The highest BCUT2D eigenvalue weighted by Crippen LogP contribution is 2.32. The van der Waals surface area contributed by atoms with Crippen molar-refractivity contribution in [2.45, 2.75) is 6.92 Å². The van der Waals surface area contributed by atoms with E-state index in [0.29, 0.717) is 25.5 Å². The van der Waals surface area contributed by atoms with Crippen LogP contribution in [0.2, 0.25) is 8.67 Å². The molecule has 0 aliphatic heterocycles. The van der Waals surface area contributed by atoms with E-state index in [9.17, 15) is 13.2 Å². The van der Waals surface area contributed by atoms with E-state index >= 15 is 0 Å². The molecule has 0 amide bonds. The van der Waals surface area contributed by atoms with E-state index in [-0.39, 0.29) is 11.5 Å². The van der Waals surface area contributed by atoms with Gasteiger partial charge in [0.2, 0.25) is 10.0 Å². The molecule has 1 aromatic heterocycles. The molecule has 0 saturated heterocycles. The molecule has 0 bridgehead atoms. The molecule has 1 N–H and O–H groups in total. The molecule has 8 heteroatoms. The lowest BCUT2D eigenvalue weighted by atomic mass is 10.1. The average molecular weight is 364 g/mol. The van der Waals surface area contributed by atoms with Gasteiger partial charge in [-0.25, -0.2) is 8.42 Å². The summed E-state index contributed by atoms with van der Waals surface area (Å²) in [4.78, 5) is 12.3. The minimum absolute atomic E-state index is 0.0172. The molecule has 0 aliphatic carbocycles. The summed E-state index contributed by atoms with van der Waals surface area (Å²) in [6.45, 7) is 1.54. The molecule has 2 aromatic rings. The lowest BCUT2D eigenvalue weighted by molar-refractivity contribution is 0.103. The van der Waals surface area contributed by atoms with E-state index in [1.807, 2.05) is 0 Å². The molecule has 2 rings (SSSR count). The highest BCUT2D eigenvalue weighted by molar-refractivity contribution is 7.92. The lowest BCUT2D eigenvalue weighted by Gasteiger charge is -2.06. The number of halogens is 2. The first-order chi connectivity index (χ1) is 9.82. The Morgan fingerprint density at radius 2 is 1.86 bits per heavy atom. The molecule has 0 spiro atoms. The molecule has 0 aliphatic rings. The van der Waals surface area contributed by atoms with Gasteiger partial charge in [-0.2, -0.15) is 0 Å². The van der Waals surface area contributed by atoms with Crippen molar-refractivity contribution in [3.8, 4) is 0 Å². The molecule has 1 aromatic carbocycles. The van der Waals surface area contributed by atoms with Crippen molar-refractivity contribution < 1.29 is 13.2 Å². The third kappa shape index (κ3) is 3.97. The number of ketones is 1. The van der Waals surface area contributed by atoms with Crippen molar-refractivity contribution in [3.63, 3.8) is 0 Å². The van der Waals surface area contributed by atoms with Gasteiger partial charge < -0.3 is 0 Å². The third-order valence-electron chi connectivity index (χ3n) is 2.70. The highest BCUT2D eigenvalue weighted by Gasteiger charge is 2.16. The van der Waals surface area contributed by atoms with Crippen LogP contribution in [0.1, 0.15) is 22.8 Å². The quantitative estimate of drug-likeness (QED) is 0.815. The van der Waals surface area contributed by atoms with Crippen LogP contribution in [0, 0.1) is 0 Å². The predicted octanol–water partition coefficient (Wildman–Crippen LogP) is 4.05. The first-order valence-corrected chi connectivity index (χ1v) is 9.15. The van der Waals surface area contributed by atoms with Crippen LogP contribution in [0.4, 0.5) is 5.69 Å². The number of sulfonamides is 1. The van der Waals surface area contributed by atoms with E-state index in [2.05, 4.69) is 4.72 Å². The third-order valence-corrected chi connectivity index (χ3v) is 5.50. The standard InChI is InChI=1S/C13H11Cl2NO3S2/c1-2-21(18,19)16-9-5-3-8(4-6-9)12(17)10-7-11(14)20-13(10)15/h3-7,16H,2H2,1H3. The average Bonchev–Trinajstić information content (AvgIpc) is 2.77. The number of rotatable bonds is 5. The summed E-state index contributed by atoms with van der Waals surface area (Å²) in [6.07, 6.45) is 0. The molecule has 0 atom stereocenters. The summed E-state index contributed by atoms with van der Waals surface area (Å²) in [7, 11) is -3.33. The number of carbonyl (C=O) groups is 1. The molecule has 0 radical (unpaired) electrons. The van der Waals surface area contributed by atoms with Gasteiger partial charge in [0.05, 0.1) is 15.7 Å². The van der Waals surface area contributed by atoms with Crippen LogP contribution >= 0.6 is 34.5 Å². The maximum atomic E-state index is 12.3. The second kappa shape index (κ2) is 6.36. The Kier molecular flexibility index (Phi) is 4.93. The van der Waals surface area contributed by atoms with Gasteiger partial charge in [-0.3, -0.25) is 9.52 Å². The zero-order valence-corrected chi connectivity index (χ0v) is 14.0. The van der Waals surface area contributed by atoms with E-state index < -0.39 is 10.0 Å². The summed E-state index contributed by atoms with van der Waals surface area (Å²) in [5.74, 6) is -0.274. The Morgan fingerprint density at radius 3 is 2.33 bits per heavy atom. The number of benzene rings is 1. The Hall–Kier alpha value is -1.08. The maximum absolute atomic E-state index is 12.3. The zero-order chi connectivity index (χ0) is 15.6. The Balaban J connectivity index is 2.23. The first kappa shape index (κ1) is 16.3. The van der Waals surface area contributed by atoms with Gasteiger partial charge in [-0.05, 0) is 37.3 Å². The van der Waals surface area contributed by atoms with Crippen LogP contribution in [0.25, 0.3) is 0 Å². The first-order valence-electron chi connectivity index (χ1n) is 5.92. The van der Waals surface area contributed by atoms with Crippen molar-refractivity contribution in [3.05, 3.63) is 50.1 Å². The van der Waals surface area contributed by atoms with Gasteiger partial charge in [-0.1, -0.05) is 23.2 Å². The minimum atomic E-state index is -3.33. The van der Waals surface area contributed by atoms with Crippen LogP contribution in [0.3, 0.4) is 0 Å². The van der Waals surface area contributed by atoms with E-state index in [1.54, 1.807) is 6.92 Å². The fraction of sp³-hybridized carbons (Fsp3) is 0.154. The van der Waals surface area contributed by atoms with Gasteiger partial charge in [0.15, 0.2) is 5.78 Å². The van der Waals surface area contributed by atoms with E-state index in [4.69, 9.17) is 23.2 Å². The topological polar surface area (TPSA) is 63.2 Å². The van der Waals surface area contributed by atoms with Crippen molar-refractivity contribution in [1.82, 2.24) is 0 Å². The van der Waals surface area contributed by atoms with Gasteiger partial charge in [-0.15, -0.1) is 11.3 Å². The van der Waals surface area contributed by atoms with Gasteiger partial charge in [0, 0.05) is 11.3 Å². The fourth-order valence-corrected chi connectivity index (χ4v) is 3.69. The number of carbonyl (C=O) groups excluding carboxylic acids is 1. The maximum Gasteiger partial charge on any atom is 0.232 e. The largest absolute Gasteiger partial charge is 0.289 e. The molecule has 0 fully saturated rings. The number of hydrogen-bond acceptors (Lipinski definition) is 4. The lowest BCUT2D eigenvalue weighted by Crippen LogP contribution is -2.14. The van der Waals surface area contributed by atoms with Gasteiger partial charge in [0.25, 0.3) is 0 Å². The molecule has 0 saturated carbocycles. The molecule has 112 valence electrons. The number of hydrogen-bond donors (Lipinski definition) is 1. The Bertz CT molecular complexity index is 767. The molecular formula is C13H11Cl2NO3S2. The summed E-state index contributed by atoms with van der Waals surface area (Å²) in [5, 5.41) is 0. The molecule has 1 heterocycles.